The number of fused-ring (bicyclic) bond motifs is 3. The maximum Gasteiger partial charge on any atom is 0.410 e. The molecule has 3 heterocycles. The number of rotatable bonds is 6. The zero-order chi connectivity index (χ0) is 33.7. The molecule has 3 amide bonds. The van der Waals surface area contributed by atoms with Gasteiger partial charge >= 0.3 is 6.09 Å². The fourth-order valence-electron chi connectivity index (χ4n) is 6.96. The summed E-state index contributed by atoms with van der Waals surface area (Å²) in [6, 6.07) is 22.3. The number of carbonyl (C=O) groups is 3. The van der Waals surface area contributed by atoms with Crippen molar-refractivity contribution in [2.75, 3.05) is 19.6 Å². The Kier molecular flexibility index (Phi) is 8.58. The van der Waals surface area contributed by atoms with Crippen molar-refractivity contribution in [2.45, 2.75) is 97.1 Å². The van der Waals surface area contributed by atoms with Gasteiger partial charge in [-0.25, -0.2) is 4.79 Å². The van der Waals surface area contributed by atoms with Gasteiger partial charge in [0, 0.05) is 31.7 Å². The van der Waals surface area contributed by atoms with Gasteiger partial charge in [0.2, 0.25) is 0 Å². The first-order chi connectivity index (χ1) is 22.2. The molecule has 248 valence electrons. The van der Waals surface area contributed by atoms with Gasteiger partial charge in [0.05, 0.1) is 12.1 Å². The first kappa shape index (κ1) is 32.6. The lowest BCUT2D eigenvalue weighted by molar-refractivity contribution is -0.147. The molecule has 3 aliphatic heterocycles. The smallest absolute Gasteiger partial charge is 0.410 e. The Morgan fingerprint density at radius 2 is 1.40 bits per heavy atom. The number of ether oxygens (including phenoxy) is 2. The molecule has 2 atom stereocenters. The summed E-state index contributed by atoms with van der Waals surface area (Å²) in [5.41, 5.74) is 4.81. The molecule has 0 unspecified atom stereocenters. The number of hydrogen-bond acceptors (Lipinski definition) is 5. The van der Waals surface area contributed by atoms with Gasteiger partial charge in [0.15, 0.2) is 5.60 Å². The Morgan fingerprint density at radius 3 is 2.00 bits per heavy atom. The largest absolute Gasteiger partial charge is 0.478 e. The molecular weight excluding hydrogens is 590 g/mol. The van der Waals surface area contributed by atoms with E-state index in [4.69, 9.17) is 9.47 Å². The number of carbonyl (C=O) groups excluding carboxylic acids is 3. The summed E-state index contributed by atoms with van der Waals surface area (Å²) < 4.78 is 11.9. The summed E-state index contributed by atoms with van der Waals surface area (Å²) in [6.45, 7) is 15.7. The molecular formula is C39H47N3O5. The van der Waals surface area contributed by atoms with Crippen LogP contribution in [0, 0.1) is 0 Å². The molecule has 47 heavy (non-hydrogen) atoms. The lowest BCUT2D eigenvalue weighted by atomic mass is 9.97. The van der Waals surface area contributed by atoms with Gasteiger partial charge in [-0.05, 0) is 105 Å². The van der Waals surface area contributed by atoms with E-state index >= 15 is 0 Å². The molecule has 0 spiro atoms. The molecule has 0 N–H and O–H groups in total. The monoisotopic (exact) mass is 637 g/mol. The maximum atomic E-state index is 13.7. The average Bonchev–Trinajstić information content (AvgIpc) is 3.65. The van der Waals surface area contributed by atoms with Crippen LogP contribution < -0.4 is 4.74 Å². The molecule has 2 fully saturated rings. The molecule has 2 saturated heterocycles. The molecule has 3 aromatic carbocycles. The average molecular weight is 638 g/mol. The maximum absolute atomic E-state index is 13.7. The van der Waals surface area contributed by atoms with Gasteiger partial charge in [-0.2, -0.15) is 0 Å². The van der Waals surface area contributed by atoms with Crippen LogP contribution in [-0.2, 0) is 22.5 Å². The van der Waals surface area contributed by atoms with E-state index in [1.807, 2.05) is 73.0 Å². The van der Waals surface area contributed by atoms with E-state index in [2.05, 4.69) is 38.1 Å². The fourth-order valence-corrected chi connectivity index (χ4v) is 6.96. The lowest BCUT2D eigenvalue weighted by Gasteiger charge is -2.38. The normalized spacial score (nSPS) is 19.2. The highest BCUT2D eigenvalue weighted by Crippen LogP contribution is 2.35. The van der Waals surface area contributed by atoms with Crippen LogP contribution in [0.3, 0.4) is 0 Å². The predicted octanol–water partition coefficient (Wildman–Crippen LogP) is 7.05. The topological polar surface area (TPSA) is 79.4 Å². The van der Waals surface area contributed by atoms with Crippen molar-refractivity contribution in [1.29, 1.82) is 0 Å². The van der Waals surface area contributed by atoms with Crippen LogP contribution in [-0.4, -0.2) is 75.5 Å². The lowest BCUT2D eigenvalue weighted by Crippen LogP contribution is -2.57. The molecule has 0 aromatic heterocycles. The van der Waals surface area contributed by atoms with Crippen LogP contribution in [0.25, 0.3) is 11.1 Å². The fraction of sp³-hybridized carbons (Fsp3) is 0.462. The number of amides is 3. The first-order valence-electron chi connectivity index (χ1n) is 16.8. The molecule has 0 radical (unpaired) electrons. The minimum absolute atomic E-state index is 0.0227. The highest BCUT2D eigenvalue weighted by Gasteiger charge is 2.51. The summed E-state index contributed by atoms with van der Waals surface area (Å²) in [6.07, 6.45) is 1.15. The number of hydrogen-bond donors (Lipinski definition) is 0. The number of benzene rings is 3. The standard InChI is InChI=1S/C39H47N3O5/c1-25(2)26-8-10-27(11-9-26)28-12-14-29(15-13-28)35(43)40-19-18-30-20-34(17-16-31(30)22-40)46-39(6,7)36(44)41-23-33-21-32(41)24-42(33)37(45)47-38(3,4)5/h8-17,20,25,32-33H,18-19,21-24H2,1-7H3/t32-,33-/m0/s1. The van der Waals surface area contributed by atoms with E-state index in [1.165, 1.54) is 5.56 Å². The first-order valence-corrected chi connectivity index (χ1v) is 16.8. The molecule has 3 aromatic rings. The summed E-state index contributed by atoms with van der Waals surface area (Å²) in [5, 5.41) is 0. The van der Waals surface area contributed by atoms with Crippen LogP contribution in [0.5, 0.6) is 5.75 Å². The number of likely N-dealkylation sites (tertiary alicyclic amines) is 2. The zero-order valence-electron chi connectivity index (χ0n) is 28.7. The predicted molar refractivity (Wildman–Crippen MR) is 182 cm³/mol. The SMILES string of the molecule is CC(C)c1ccc(-c2ccc(C(=O)N3CCc4cc(OC(C)(C)C(=O)N5C[C@@H]6C[C@H]5CN6C(=O)OC(C)(C)C)ccc4C3)cc2)cc1. The van der Waals surface area contributed by atoms with Crippen molar-refractivity contribution >= 4 is 17.9 Å². The third-order valence-corrected chi connectivity index (χ3v) is 9.54. The van der Waals surface area contributed by atoms with Crippen molar-refractivity contribution in [1.82, 2.24) is 14.7 Å². The van der Waals surface area contributed by atoms with E-state index in [1.54, 1.807) is 18.7 Å². The second-order valence-electron chi connectivity index (χ2n) is 15.0. The zero-order valence-corrected chi connectivity index (χ0v) is 28.7. The highest BCUT2D eigenvalue weighted by atomic mass is 16.6. The summed E-state index contributed by atoms with van der Waals surface area (Å²) in [7, 11) is 0. The Bertz CT molecular complexity index is 1660. The van der Waals surface area contributed by atoms with Crippen molar-refractivity contribution < 1.29 is 23.9 Å². The van der Waals surface area contributed by atoms with Gasteiger partial charge in [-0.15, -0.1) is 0 Å². The Labute approximate surface area is 278 Å². The molecule has 8 nitrogen and oxygen atoms in total. The van der Waals surface area contributed by atoms with Crippen LogP contribution >= 0.6 is 0 Å². The minimum Gasteiger partial charge on any atom is -0.478 e. The molecule has 3 aliphatic rings. The van der Waals surface area contributed by atoms with Crippen LogP contribution in [0.1, 0.15) is 87.9 Å². The van der Waals surface area contributed by atoms with E-state index in [-0.39, 0.29) is 30.0 Å². The van der Waals surface area contributed by atoms with Gasteiger partial charge in [-0.3, -0.25) is 9.59 Å². The third-order valence-electron chi connectivity index (χ3n) is 9.54. The van der Waals surface area contributed by atoms with Crippen molar-refractivity contribution in [3.63, 3.8) is 0 Å². The Morgan fingerprint density at radius 1 is 0.787 bits per heavy atom. The molecule has 0 saturated carbocycles. The second kappa shape index (κ2) is 12.4. The van der Waals surface area contributed by atoms with Crippen molar-refractivity contribution in [3.8, 4) is 16.9 Å². The highest BCUT2D eigenvalue weighted by molar-refractivity contribution is 5.95. The summed E-state index contributed by atoms with van der Waals surface area (Å²) in [5.74, 6) is 1.07. The van der Waals surface area contributed by atoms with E-state index < -0.39 is 11.2 Å². The molecule has 8 heteroatoms. The van der Waals surface area contributed by atoms with Gasteiger partial charge in [0.25, 0.3) is 11.8 Å². The third kappa shape index (κ3) is 6.87. The van der Waals surface area contributed by atoms with E-state index in [0.29, 0.717) is 49.8 Å². The van der Waals surface area contributed by atoms with Gasteiger partial charge in [0.1, 0.15) is 11.4 Å². The van der Waals surface area contributed by atoms with Gasteiger partial charge < -0.3 is 24.2 Å². The van der Waals surface area contributed by atoms with Crippen LogP contribution in [0.2, 0.25) is 0 Å². The van der Waals surface area contributed by atoms with E-state index in [0.717, 1.165) is 28.7 Å². The van der Waals surface area contributed by atoms with Crippen LogP contribution in [0.15, 0.2) is 66.7 Å². The number of nitrogens with zero attached hydrogens (tertiary/aromatic N) is 3. The molecule has 2 bridgehead atoms. The Balaban J connectivity index is 1.05. The van der Waals surface area contributed by atoms with Crippen molar-refractivity contribution in [3.05, 3.63) is 89.0 Å². The minimum atomic E-state index is -1.07. The Hall–Kier alpha value is -4.33. The van der Waals surface area contributed by atoms with E-state index in [9.17, 15) is 14.4 Å². The van der Waals surface area contributed by atoms with Gasteiger partial charge in [-0.1, -0.05) is 56.3 Å². The molecule has 6 rings (SSSR count). The summed E-state index contributed by atoms with van der Waals surface area (Å²) in [4.78, 5) is 45.3. The number of piperazine rings is 1. The second-order valence-corrected chi connectivity index (χ2v) is 15.0. The quantitative estimate of drug-likeness (QED) is 0.289. The van der Waals surface area contributed by atoms with Crippen LogP contribution in [0.4, 0.5) is 4.79 Å². The molecule has 0 aliphatic carbocycles. The summed E-state index contributed by atoms with van der Waals surface area (Å²) >= 11 is 0. The van der Waals surface area contributed by atoms with Crippen molar-refractivity contribution in [2.24, 2.45) is 0 Å².